The van der Waals surface area contributed by atoms with Crippen LogP contribution in [0.15, 0.2) is 27.2 Å². The first-order valence-corrected chi connectivity index (χ1v) is 6.96. The molecule has 0 saturated heterocycles. The van der Waals surface area contributed by atoms with Crippen molar-refractivity contribution in [3.63, 3.8) is 0 Å². The Bertz CT molecular complexity index is 438. The lowest BCUT2D eigenvalue weighted by Gasteiger charge is -2.14. The minimum Gasteiger partial charge on any atom is -0.490 e. The molecule has 0 heterocycles. The van der Waals surface area contributed by atoms with Crippen LogP contribution in [0, 0.1) is 0 Å². The number of hydrogen-bond donors (Lipinski definition) is 1. The molecule has 0 atom stereocenters. The molecule has 0 unspecified atom stereocenters. The lowest BCUT2D eigenvalue weighted by Crippen LogP contribution is -2.04. The standard InChI is InChI=1S/C12H14BrCl2NO2/c1-2-17-11-4-8(6-16)3-10(13)12(11)18-7-9(15)5-14/h3-5H,2,6-7,16H2,1H3. The second-order valence-electron chi connectivity index (χ2n) is 3.39. The van der Waals surface area contributed by atoms with E-state index in [0.717, 1.165) is 10.0 Å². The van der Waals surface area contributed by atoms with Crippen LogP contribution < -0.4 is 15.2 Å². The molecule has 100 valence electrons. The quantitative estimate of drug-likeness (QED) is 0.839. The Morgan fingerprint density at radius 1 is 1.44 bits per heavy atom. The molecule has 0 aromatic heterocycles. The van der Waals surface area contributed by atoms with Crippen LogP contribution in [0.5, 0.6) is 11.5 Å². The van der Waals surface area contributed by atoms with Crippen LogP contribution in [0.2, 0.25) is 0 Å². The minimum absolute atomic E-state index is 0.186. The van der Waals surface area contributed by atoms with E-state index in [1.807, 2.05) is 19.1 Å². The molecule has 2 N–H and O–H groups in total. The first-order valence-electron chi connectivity index (χ1n) is 5.35. The molecule has 0 amide bonds. The molecule has 18 heavy (non-hydrogen) atoms. The van der Waals surface area contributed by atoms with Crippen LogP contribution in [0.4, 0.5) is 0 Å². The van der Waals surface area contributed by atoms with Crippen molar-refractivity contribution >= 4 is 39.1 Å². The lowest BCUT2D eigenvalue weighted by atomic mass is 10.2. The van der Waals surface area contributed by atoms with E-state index in [0.29, 0.717) is 29.7 Å². The van der Waals surface area contributed by atoms with Crippen LogP contribution in [0.1, 0.15) is 12.5 Å². The minimum atomic E-state index is 0.186. The summed E-state index contributed by atoms with van der Waals surface area (Å²) in [7, 11) is 0. The van der Waals surface area contributed by atoms with E-state index in [1.54, 1.807) is 0 Å². The Hall–Kier alpha value is -0.420. The third kappa shape index (κ3) is 4.35. The smallest absolute Gasteiger partial charge is 0.175 e. The van der Waals surface area contributed by atoms with E-state index < -0.39 is 0 Å². The third-order valence-electron chi connectivity index (χ3n) is 2.08. The maximum absolute atomic E-state index is 5.78. The summed E-state index contributed by atoms with van der Waals surface area (Å²) in [6.45, 7) is 3.06. The van der Waals surface area contributed by atoms with Gasteiger partial charge in [0, 0.05) is 12.1 Å². The highest BCUT2D eigenvalue weighted by Crippen LogP contribution is 2.37. The van der Waals surface area contributed by atoms with Gasteiger partial charge < -0.3 is 15.2 Å². The molecule has 0 bridgehead atoms. The highest BCUT2D eigenvalue weighted by molar-refractivity contribution is 9.10. The highest BCUT2D eigenvalue weighted by Gasteiger charge is 2.12. The number of rotatable bonds is 6. The summed E-state index contributed by atoms with van der Waals surface area (Å²) in [5, 5.41) is 0.411. The molecule has 0 aliphatic rings. The van der Waals surface area contributed by atoms with Gasteiger partial charge in [-0.25, -0.2) is 0 Å². The first-order chi connectivity index (χ1) is 8.62. The van der Waals surface area contributed by atoms with E-state index in [4.69, 9.17) is 38.4 Å². The molecule has 0 fully saturated rings. The van der Waals surface area contributed by atoms with E-state index in [-0.39, 0.29) is 6.61 Å². The molecule has 6 heteroatoms. The summed E-state index contributed by atoms with van der Waals surface area (Å²) in [6.07, 6.45) is 0. The second-order valence-corrected chi connectivity index (χ2v) is 4.94. The van der Waals surface area contributed by atoms with Crippen molar-refractivity contribution in [1.29, 1.82) is 0 Å². The van der Waals surface area contributed by atoms with Crippen molar-refractivity contribution in [3.8, 4) is 11.5 Å². The van der Waals surface area contributed by atoms with Crippen LogP contribution in [0.3, 0.4) is 0 Å². The van der Waals surface area contributed by atoms with Gasteiger partial charge in [-0.3, -0.25) is 0 Å². The summed E-state index contributed by atoms with van der Waals surface area (Å²) >= 11 is 14.7. The summed E-state index contributed by atoms with van der Waals surface area (Å²) in [4.78, 5) is 0. The average molecular weight is 355 g/mol. The van der Waals surface area contributed by atoms with Gasteiger partial charge in [0.25, 0.3) is 0 Å². The van der Waals surface area contributed by atoms with E-state index >= 15 is 0 Å². The molecule has 1 aromatic rings. The monoisotopic (exact) mass is 353 g/mol. The van der Waals surface area contributed by atoms with Gasteiger partial charge in [0.15, 0.2) is 11.5 Å². The number of halogens is 3. The fraction of sp³-hybridized carbons (Fsp3) is 0.333. The van der Waals surface area contributed by atoms with Gasteiger partial charge in [0.2, 0.25) is 0 Å². The zero-order chi connectivity index (χ0) is 13.5. The topological polar surface area (TPSA) is 44.5 Å². The SMILES string of the molecule is CCOc1cc(CN)cc(Br)c1OCC(Cl)=CCl. The highest BCUT2D eigenvalue weighted by atomic mass is 79.9. The van der Waals surface area contributed by atoms with Crippen molar-refractivity contribution in [1.82, 2.24) is 0 Å². The zero-order valence-corrected chi connectivity index (χ0v) is 13.0. The summed E-state index contributed by atoms with van der Waals surface area (Å²) in [5.74, 6) is 1.22. The Labute approximate surface area is 125 Å². The second kappa shape index (κ2) is 7.89. The Balaban J connectivity index is 3.00. The molecular formula is C12H14BrCl2NO2. The molecular weight excluding hydrogens is 341 g/mol. The number of benzene rings is 1. The predicted molar refractivity (Wildman–Crippen MR) is 78.5 cm³/mol. The fourth-order valence-corrected chi connectivity index (χ4v) is 2.04. The maximum Gasteiger partial charge on any atom is 0.175 e. The molecule has 0 radical (unpaired) electrons. The van der Waals surface area contributed by atoms with Gasteiger partial charge in [-0.1, -0.05) is 23.2 Å². The van der Waals surface area contributed by atoms with Gasteiger partial charge >= 0.3 is 0 Å². The van der Waals surface area contributed by atoms with E-state index in [9.17, 15) is 0 Å². The lowest BCUT2D eigenvalue weighted by molar-refractivity contribution is 0.294. The maximum atomic E-state index is 5.78. The van der Waals surface area contributed by atoms with Crippen molar-refractivity contribution in [2.24, 2.45) is 5.73 Å². The van der Waals surface area contributed by atoms with Crippen LogP contribution in [-0.4, -0.2) is 13.2 Å². The molecule has 0 aliphatic heterocycles. The Morgan fingerprint density at radius 2 is 2.17 bits per heavy atom. The van der Waals surface area contributed by atoms with Crippen molar-refractivity contribution in [2.45, 2.75) is 13.5 Å². The van der Waals surface area contributed by atoms with Gasteiger partial charge in [0.05, 0.1) is 16.1 Å². The zero-order valence-electron chi connectivity index (χ0n) is 9.88. The molecule has 1 rings (SSSR count). The van der Waals surface area contributed by atoms with Gasteiger partial charge in [-0.2, -0.15) is 0 Å². The number of ether oxygens (including phenoxy) is 2. The third-order valence-corrected chi connectivity index (χ3v) is 3.26. The van der Waals surface area contributed by atoms with Crippen molar-refractivity contribution in [2.75, 3.05) is 13.2 Å². The Morgan fingerprint density at radius 3 is 2.72 bits per heavy atom. The Kier molecular flexibility index (Phi) is 6.86. The van der Waals surface area contributed by atoms with Crippen LogP contribution in [0.25, 0.3) is 0 Å². The fourth-order valence-electron chi connectivity index (χ4n) is 1.31. The molecule has 3 nitrogen and oxygen atoms in total. The van der Waals surface area contributed by atoms with E-state index in [1.165, 1.54) is 5.54 Å². The molecule has 1 aromatic carbocycles. The molecule has 0 spiro atoms. The summed E-state index contributed by atoms with van der Waals surface area (Å²) in [6, 6.07) is 3.73. The van der Waals surface area contributed by atoms with Gasteiger partial charge in [-0.15, -0.1) is 0 Å². The van der Waals surface area contributed by atoms with Crippen molar-refractivity contribution < 1.29 is 9.47 Å². The summed E-state index contributed by atoms with van der Waals surface area (Å²) in [5.41, 5.74) is 7.84. The normalized spacial score (nSPS) is 11.5. The van der Waals surface area contributed by atoms with Gasteiger partial charge in [0.1, 0.15) is 6.61 Å². The number of hydrogen-bond acceptors (Lipinski definition) is 3. The van der Waals surface area contributed by atoms with Gasteiger partial charge in [-0.05, 0) is 40.5 Å². The molecule has 0 aliphatic carbocycles. The average Bonchev–Trinajstić information content (AvgIpc) is 2.37. The summed E-state index contributed by atoms with van der Waals surface area (Å²) < 4.78 is 11.9. The van der Waals surface area contributed by atoms with Crippen LogP contribution in [-0.2, 0) is 6.54 Å². The van der Waals surface area contributed by atoms with Crippen molar-refractivity contribution in [3.05, 3.63) is 32.7 Å². The largest absolute Gasteiger partial charge is 0.490 e. The number of nitrogens with two attached hydrogens (primary N) is 1. The first kappa shape index (κ1) is 15.6. The van der Waals surface area contributed by atoms with E-state index in [2.05, 4.69) is 15.9 Å². The van der Waals surface area contributed by atoms with Crippen LogP contribution >= 0.6 is 39.1 Å². The predicted octanol–water partition coefficient (Wildman–Crippen LogP) is 4.00. The molecule has 0 saturated carbocycles.